The zero-order valence-electron chi connectivity index (χ0n) is 9.93. The molecule has 0 saturated heterocycles. The lowest BCUT2D eigenvalue weighted by Crippen LogP contribution is -2.30. The molecule has 0 fully saturated rings. The smallest absolute Gasteiger partial charge is 0.273 e. The number of nitrogens with one attached hydrogen (secondary N) is 2. The Balaban J connectivity index is 1.99. The number of rotatable bonds is 4. The largest absolute Gasteiger partial charge is 0.481 e. The molecule has 0 aliphatic carbocycles. The fraction of sp³-hybridized carbons (Fsp3) is 0.182. The van der Waals surface area contributed by atoms with E-state index in [1.807, 2.05) is 0 Å². The number of carbonyl (C=O) groups excluding carboxylic acids is 1. The molecule has 0 spiro atoms. The molecule has 0 saturated carbocycles. The van der Waals surface area contributed by atoms with Crippen LogP contribution >= 0.6 is 0 Å². The van der Waals surface area contributed by atoms with Gasteiger partial charge in [-0.1, -0.05) is 0 Å². The summed E-state index contributed by atoms with van der Waals surface area (Å²) in [6.45, 7) is 1.71. The molecule has 7 heteroatoms. The van der Waals surface area contributed by atoms with Crippen LogP contribution in [0.25, 0.3) is 0 Å². The molecule has 18 heavy (non-hydrogen) atoms. The highest BCUT2D eigenvalue weighted by Gasteiger charge is 2.11. The highest BCUT2D eigenvalue weighted by atomic mass is 16.5. The number of carbonyl (C=O) groups is 1. The van der Waals surface area contributed by atoms with E-state index in [4.69, 9.17) is 9.15 Å². The predicted molar refractivity (Wildman–Crippen MR) is 63.1 cm³/mol. The first kappa shape index (κ1) is 11.9. The van der Waals surface area contributed by atoms with Crippen molar-refractivity contribution >= 4 is 11.9 Å². The van der Waals surface area contributed by atoms with Crippen LogP contribution in [0, 0.1) is 6.92 Å². The Kier molecular flexibility index (Phi) is 3.42. The van der Waals surface area contributed by atoms with Crippen LogP contribution in [0.4, 0.5) is 5.95 Å². The summed E-state index contributed by atoms with van der Waals surface area (Å²) in [5, 5.41) is 0. The first-order valence-corrected chi connectivity index (χ1v) is 5.18. The van der Waals surface area contributed by atoms with Crippen molar-refractivity contribution in [3.05, 3.63) is 35.9 Å². The molecule has 2 rings (SSSR count). The van der Waals surface area contributed by atoms with Gasteiger partial charge in [-0.25, -0.2) is 4.98 Å². The summed E-state index contributed by atoms with van der Waals surface area (Å²) < 4.78 is 9.97. The molecule has 94 valence electrons. The summed E-state index contributed by atoms with van der Waals surface area (Å²) in [4.78, 5) is 19.6. The Morgan fingerprint density at radius 2 is 2.28 bits per heavy atom. The number of methoxy groups -OCH3 is 1. The second kappa shape index (κ2) is 5.17. The Morgan fingerprint density at radius 1 is 1.44 bits per heavy atom. The van der Waals surface area contributed by atoms with Crippen LogP contribution in [0.3, 0.4) is 0 Å². The second-order valence-electron chi connectivity index (χ2n) is 3.39. The maximum atomic E-state index is 11.7. The lowest BCUT2D eigenvalue weighted by molar-refractivity contribution is 0.0960. The molecule has 7 nitrogen and oxygen atoms in total. The van der Waals surface area contributed by atoms with Gasteiger partial charge in [-0.2, -0.15) is 4.98 Å². The van der Waals surface area contributed by atoms with E-state index in [0.29, 0.717) is 17.2 Å². The standard InChI is InChI=1S/C11H12N4O3/c1-7-8(4-6-18-7)10(16)14-15-11-12-5-3-9(13-11)17-2/h3-6H,1-2H3,(H,14,16)(H,12,13,15). The van der Waals surface area contributed by atoms with Gasteiger partial charge >= 0.3 is 0 Å². The van der Waals surface area contributed by atoms with Crippen LogP contribution in [-0.4, -0.2) is 23.0 Å². The van der Waals surface area contributed by atoms with Gasteiger partial charge in [0.1, 0.15) is 5.76 Å². The topological polar surface area (TPSA) is 89.3 Å². The zero-order valence-corrected chi connectivity index (χ0v) is 9.93. The van der Waals surface area contributed by atoms with E-state index in [9.17, 15) is 4.79 Å². The third-order valence-electron chi connectivity index (χ3n) is 2.23. The average molecular weight is 248 g/mol. The van der Waals surface area contributed by atoms with E-state index >= 15 is 0 Å². The number of hydrazine groups is 1. The molecular weight excluding hydrogens is 236 g/mol. The Morgan fingerprint density at radius 3 is 2.94 bits per heavy atom. The quantitative estimate of drug-likeness (QED) is 0.789. The van der Waals surface area contributed by atoms with E-state index in [0.717, 1.165) is 0 Å². The fourth-order valence-electron chi connectivity index (χ4n) is 1.32. The molecule has 2 aromatic rings. The highest BCUT2D eigenvalue weighted by molar-refractivity contribution is 5.95. The third kappa shape index (κ3) is 2.57. The molecule has 0 aromatic carbocycles. The number of ether oxygens (including phenoxy) is 1. The van der Waals surface area contributed by atoms with Crippen molar-refractivity contribution < 1.29 is 13.9 Å². The fourth-order valence-corrected chi connectivity index (χ4v) is 1.32. The maximum absolute atomic E-state index is 11.7. The van der Waals surface area contributed by atoms with Crippen LogP contribution in [0.1, 0.15) is 16.1 Å². The van der Waals surface area contributed by atoms with Gasteiger partial charge in [0.2, 0.25) is 11.8 Å². The number of hydrogen-bond donors (Lipinski definition) is 2. The summed E-state index contributed by atoms with van der Waals surface area (Å²) in [5.41, 5.74) is 5.50. The summed E-state index contributed by atoms with van der Waals surface area (Å²) in [6.07, 6.45) is 2.97. The van der Waals surface area contributed by atoms with Crippen LogP contribution in [-0.2, 0) is 0 Å². The molecule has 2 aromatic heterocycles. The van der Waals surface area contributed by atoms with Crippen LogP contribution in [0.2, 0.25) is 0 Å². The summed E-state index contributed by atoms with van der Waals surface area (Å²) in [6, 6.07) is 3.19. The highest BCUT2D eigenvalue weighted by Crippen LogP contribution is 2.09. The second-order valence-corrected chi connectivity index (χ2v) is 3.39. The van der Waals surface area contributed by atoms with E-state index < -0.39 is 0 Å². The Labute approximate surface area is 103 Å². The lowest BCUT2D eigenvalue weighted by Gasteiger charge is -2.06. The normalized spacial score (nSPS) is 9.89. The molecule has 0 aliphatic rings. The molecule has 0 bridgehead atoms. The van der Waals surface area contributed by atoms with Crippen molar-refractivity contribution in [3.63, 3.8) is 0 Å². The van der Waals surface area contributed by atoms with E-state index in [1.165, 1.54) is 19.6 Å². The van der Waals surface area contributed by atoms with Crippen molar-refractivity contribution in [2.75, 3.05) is 12.5 Å². The summed E-state index contributed by atoms with van der Waals surface area (Å²) in [5.74, 6) is 0.860. The number of anilines is 1. The van der Waals surface area contributed by atoms with Gasteiger partial charge in [-0.05, 0) is 13.0 Å². The minimum Gasteiger partial charge on any atom is -0.481 e. The Bertz CT molecular complexity index is 553. The molecular formula is C11H12N4O3. The summed E-state index contributed by atoms with van der Waals surface area (Å²) >= 11 is 0. The molecule has 2 N–H and O–H groups in total. The number of nitrogens with zero attached hydrogens (tertiary/aromatic N) is 2. The minimum absolute atomic E-state index is 0.240. The number of aryl methyl sites for hydroxylation is 1. The Hall–Kier alpha value is -2.57. The first-order valence-electron chi connectivity index (χ1n) is 5.18. The molecule has 0 radical (unpaired) electrons. The van der Waals surface area contributed by atoms with Gasteiger partial charge in [-0.15, -0.1) is 0 Å². The third-order valence-corrected chi connectivity index (χ3v) is 2.23. The van der Waals surface area contributed by atoms with Gasteiger partial charge in [0.15, 0.2) is 0 Å². The first-order chi connectivity index (χ1) is 8.70. The van der Waals surface area contributed by atoms with E-state index in [1.54, 1.807) is 19.1 Å². The van der Waals surface area contributed by atoms with Gasteiger partial charge in [0.05, 0.1) is 18.9 Å². The molecule has 0 aliphatic heterocycles. The molecule has 2 heterocycles. The minimum atomic E-state index is -0.326. The van der Waals surface area contributed by atoms with Crippen LogP contribution in [0.5, 0.6) is 5.88 Å². The van der Waals surface area contributed by atoms with Crippen LogP contribution < -0.4 is 15.6 Å². The zero-order chi connectivity index (χ0) is 13.0. The van der Waals surface area contributed by atoms with E-state index in [2.05, 4.69) is 20.8 Å². The van der Waals surface area contributed by atoms with Crippen molar-refractivity contribution in [3.8, 4) is 5.88 Å². The molecule has 1 amide bonds. The molecule has 0 atom stereocenters. The number of aromatic nitrogens is 2. The van der Waals surface area contributed by atoms with Gasteiger partial charge in [0, 0.05) is 12.3 Å². The number of hydrogen-bond acceptors (Lipinski definition) is 6. The average Bonchev–Trinajstić information content (AvgIpc) is 2.82. The van der Waals surface area contributed by atoms with Crippen molar-refractivity contribution in [2.24, 2.45) is 0 Å². The van der Waals surface area contributed by atoms with Gasteiger partial charge in [0.25, 0.3) is 5.91 Å². The predicted octanol–water partition coefficient (Wildman–Crippen LogP) is 1.14. The number of furan rings is 1. The van der Waals surface area contributed by atoms with Crippen molar-refractivity contribution in [2.45, 2.75) is 6.92 Å². The molecule has 0 unspecified atom stereocenters. The van der Waals surface area contributed by atoms with Crippen molar-refractivity contribution in [1.29, 1.82) is 0 Å². The van der Waals surface area contributed by atoms with E-state index in [-0.39, 0.29) is 11.9 Å². The van der Waals surface area contributed by atoms with Gasteiger partial charge < -0.3 is 9.15 Å². The summed E-state index contributed by atoms with van der Waals surface area (Å²) in [7, 11) is 1.50. The van der Waals surface area contributed by atoms with Crippen LogP contribution in [0.15, 0.2) is 29.0 Å². The van der Waals surface area contributed by atoms with Crippen molar-refractivity contribution in [1.82, 2.24) is 15.4 Å². The lowest BCUT2D eigenvalue weighted by atomic mass is 10.2. The monoisotopic (exact) mass is 248 g/mol. The van der Waals surface area contributed by atoms with Gasteiger partial charge in [-0.3, -0.25) is 15.6 Å². The maximum Gasteiger partial charge on any atom is 0.273 e. The number of amides is 1. The SMILES string of the molecule is COc1ccnc(NNC(=O)c2ccoc2C)n1.